The van der Waals surface area contributed by atoms with Gasteiger partial charge in [-0.15, -0.1) is 0 Å². The van der Waals surface area contributed by atoms with Gasteiger partial charge in [0.05, 0.1) is 6.54 Å². The lowest BCUT2D eigenvalue weighted by Gasteiger charge is -2.24. The number of amides is 2. The fraction of sp³-hybridized carbons (Fsp3) is 0.375. The summed E-state index contributed by atoms with van der Waals surface area (Å²) in [7, 11) is 0. The monoisotopic (exact) mass is 288 g/mol. The molecule has 112 valence electrons. The van der Waals surface area contributed by atoms with E-state index in [1.807, 2.05) is 31.2 Å². The lowest BCUT2D eigenvalue weighted by atomic mass is 10.2. The fourth-order valence-corrected chi connectivity index (χ4v) is 2.28. The summed E-state index contributed by atoms with van der Waals surface area (Å²) in [5.74, 6) is 0.520. The summed E-state index contributed by atoms with van der Waals surface area (Å²) < 4.78 is 5.64. The molecule has 0 atom stereocenters. The van der Waals surface area contributed by atoms with Crippen molar-refractivity contribution in [2.45, 2.75) is 13.5 Å². The van der Waals surface area contributed by atoms with Crippen molar-refractivity contribution in [2.75, 3.05) is 26.2 Å². The molecule has 0 bridgehead atoms. The van der Waals surface area contributed by atoms with Crippen LogP contribution in [0.25, 0.3) is 0 Å². The number of carbonyl (C=O) groups excluding carboxylic acids is 2. The van der Waals surface area contributed by atoms with Crippen molar-refractivity contribution >= 4 is 11.8 Å². The summed E-state index contributed by atoms with van der Waals surface area (Å²) in [5.41, 5.74) is 0.987. The largest absolute Gasteiger partial charge is 0.491 e. The molecule has 1 aliphatic heterocycles. The molecule has 21 heavy (non-hydrogen) atoms. The minimum atomic E-state index is -0.225. The maximum Gasteiger partial charge on any atom is 0.246 e. The van der Waals surface area contributed by atoms with E-state index in [1.165, 1.54) is 11.0 Å². The molecule has 0 unspecified atom stereocenters. The predicted molar refractivity (Wildman–Crippen MR) is 79.8 cm³/mol. The number of para-hydroxylation sites is 1. The molecular formula is C16H20N2O3. The Morgan fingerprint density at radius 3 is 2.90 bits per heavy atom. The van der Waals surface area contributed by atoms with Gasteiger partial charge in [-0.1, -0.05) is 24.8 Å². The molecule has 5 heteroatoms. The van der Waals surface area contributed by atoms with Crippen molar-refractivity contribution in [1.29, 1.82) is 0 Å². The number of hydrogen-bond acceptors (Lipinski definition) is 3. The Morgan fingerprint density at radius 2 is 2.19 bits per heavy atom. The molecule has 2 amide bonds. The van der Waals surface area contributed by atoms with Crippen LogP contribution in [0.3, 0.4) is 0 Å². The minimum Gasteiger partial charge on any atom is -0.491 e. The average molecular weight is 288 g/mol. The SMILES string of the molecule is C=CC(=O)N(CC)CC(=O)N1CCOc2ccccc2C1. The average Bonchev–Trinajstić information content (AvgIpc) is 2.73. The Bertz CT molecular complexity index is 542. The normalized spacial score (nSPS) is 13.7. The molecule has 0 radical (unpaired) electrons. The minimum absolute atomic E-state index is 0.0729. The fourth-order valence-electron chi connectivity index (χ4n) is 2.28. The zero-order valence-corrected chi connectivity index (χ0v) is 12.2. The van der Waals surface area contributed by atoms with Gasteiger partial charge in [0.15, 0.2) is 0 Å². The highest BCUT2D eigenvalue weighted by Gasteiger charge is 2.22. The molecule has 2 rings (SSSR count). The first-order valence-electron chi connectivity index (χ1n) is 7.05. The van der Waals surface area contributed by atoms with E-state index < -0.39 is 0 Å². The molecular weight excluding hydrogens is 268 g/mol. The highest BCUT2D eigenvalue weighted by Crippen LogP contribution is 2.22. The third-order valence-corrected chi connectivity index (χ3v) is 3.50. The van der Waals surface area contributed by atoms with Crippen molar-refractivity contribution in [3.8, 4) is 5.75 Å². The van der Waals surface area contributed by atoms with Gasteiger partial charge in [0.1, 0.15) is 18.9 Å². The second-order valence-corrected chi connectivity index (χ2v) is 4.83. The number of rotatable bonds is 4. The summed E-state index contributed by atoms with van der Waals surface area (Å²) in [6.07, 6.45) is 1.23. The zero-order valence-electron chi connectivity index (χ0n) is 12.2. The highest BCUT2D eigenvalue weighted by atomic mass is 16.5. The highest BCUT2D eigenvalue weighted by molar-refractivity contribution is 5.90. The van der Waals surface area contributed by atoms with Gasteiger partial charge in [0.25, 0.3) is 0 Å². The summed E-state index contributed by atoms with van der Waals surface area (Å²) in [6.45, 7) is 7.35. The number of carbonyl (C=O) groups is 2. The number of ether oxygens (including phenoxy) is 1. The van der Waals surface area contributed by atoms with Gasteiger partial charge in [-0.05, 0) is 19.1 Å². The second-order valence-electron chi connectivity index (χ2n) is 4.83. The number of nitrogens with zero attached hydrogens (tertiary/aromatic N) is 2. The Hall–Kier alpha value is -2.30. The van der Waals surface area contributed by atoms with Gasteiger partial charge in [-0.3, -0.25) is 9.59 Å². The van der Waals surface area contributed by atoms with E-state index >= 15 is 0 Å². The summed E-state index contributed by atoms with van der Waals surface area (Å²) in [4.78, 5) is 27.2. The van der Waals surface area contributed by atoms with Crippen LogP contribution in [-0.2, 0) is 16.1 Å². The van der Waals surface area contributed by atoms with E-state index in [2.05, 4.69) is 6.58 Å². The second kappa shape index (κ2) is 6.92. The van der Waals surface area contributed by atoms with Crippen molar-refractivity contribution in [1.82, 2.24) is 9.80 Å². The van der Waals surface area contributed by atoms with E-state index in [-0.39, 0.29) is 18.4 Å². The van der Waals surface area contributed by atoms with Crippen LogP contribution in [-0.4, -0.2) is 47.9 Å². The van der Waals surface area contributed by atoms with Crippen molar-refractivity contribution in [3.05, 3.63) is 42.5 Å². The number of likely N-dealkylation sites (N-methyl/N-ethyl adjacent to an activating group) is 1. The lowest BCUT2D eigenvalue weighted by Crippen LogP contribution is -2.42. The van der Waals surface area contributed by atoms with Gasteiger partial charge in [-0.25, -0.2) is 0 Å². The van der Waals surface area contributed by atoms with E-state index in [9.17, 15) is 9.59 Å². The van der Waals surface area contributed by atoms with Crippen molar-refractivity contribution in [3.63, 3.8) is 0 Å². The Kier molecular flexibility index (Phi) is 4.98. The zero-order chi connectivity index (χ0) is 15.2. The van der Waals surface area contributed by atoms with Crippen LogP contribution in [0, 0.1) is 0 Å². The molecule has 0 saturated heterocycles. The standard InChI is InChI=1S/C16H20N2O3/c1-3-15(19)17(4-2)12-16(20)18-9-10-21-14-8-6-5-7-13(14)11-18/h3,5-8H,1,4,9-12H2,2H3. The van der Waals surface area contributed by atoms with Gasteiger partial charge in [0.2, 0.25) is 11.8 Å². The molecule has 0 fully saturated rings. The quantitative estimate of drug-likeness (QED) is 0.788. The van der Waals surface area contributed by atoms with Crippen molar-refractivity contribution in [2.24, 2.45) is 0 Å². The van der Waals surface area contributed by atoms with Crippen LogP contribution < -0.4 is 4.74 Å². The molecule has 1 aliphatic rings. The Morgan fingerprint density at radius 1 is 1.43 bits per heavy atom. The number of fused-ring (bicyclic) bond motifs is 1. The van der Waals surface area contributed by atoms with E-state index in [0.717, 1.165) is 11.3 Å². The molecule has 0 N–H and O–H groups in total. The van der Waals surface area contributed by atoms with Crippen LogP contribution in [0.1, 0.15) is 12.5 Å². The van der Waals surface area contributed by atoms with Gasteiger partial charge < -0.3 is 14.5 Å². The molecule has 0 aliphatic carbocycles. The van der Waals surface area contributed by atoms with Crippen LogP contribution >= 0.6 is 0 Å². The van der Waals surface area contributed by atoms with Gasteiger partial charge in [0, 0.05) is 18.7 Å². The molecule has 5 nitrogen and oxygen atoms in total. The maximum atomic E-state index is 12.4. The van der Waals surface area contributed by atoms with Gasteiger partial charge >= 0.3 is 0 Å². The Labute approximate surface area is 124 Å². The molecule has 1 heterocycles. The van der Waals surface area contributed by atoms with E-state index in [4.69, 9.17) is 4.74 Å². The number of benzene rings is 1. The number of hydrogen-bond donors (Lipinski definition) is 0. The molecule has 1 aromatic rings. The van der Waals surface area contributed by atoms with Crippen molar-refractivity contribution < 1.29 is 14.3 Å². The first-order valence-corrected chi connectivity index (χ1v) is 7.05. The van der Waals surface area contributed by atoms with E-state index in [1.54, 1.807) is 4.90 Å². The van der Waals surface area contributed by atoms with Gasteiger partial charge in [-0.2, -0.15) is 0 Å². The van der Waals surface area contributed by atoms with Crippen LogP contribution in [0.2, 0.25) is 0 Å². The Balaban J connectivity index is 2.06. The van der Waals surface area contributed by atoms with Crippen LogP contribution in [0.4, 0.5) is 0 Å². The first kappa shape index (κ1) is 15.1. The maximum absolute atomic E-state index is 12.4. The summed E-state index contributed by atoms with van der Waals surface area (Å²) >= 11 is 0. The lowest BCUT2D eigenvalue weighted by molar-refractivity contribution is -0.138. The smallest absolute Gasteiger partial charge is 0.246 e. The van der Waals surface area contributed by atoms with E-state index in [0.29, 0.717) is 26.2 Å². The predicted octanol–water partition coefficient (Wildman–Crippen LogP) is 1.44. The topological polar surface area (TPSA) is 49.9 Å². The molecule has 0 aromatic heterocycles. The summed E-state index contributed by atoms with van der Waals surface area (Å²) in [5, 5.41) is 0. The molecule has 0 saturated carbocycles. The van der Waals surface area contributed by atoms with Crippen LogP contribution in [0.15, 0.2) is 36.9 Å². The third-order valence-electron chi connectivity index (χ3n) is 3.50. The third kappa shape index (κ3) is 3.62. The first-order chi connectivity index (χ1) is 10.2. The van der Waals surface area contributed by atoms with Crippen LogP contribution in [0.5, 0.6) is 5.75 Å². The summed E-state index contributed by atoms with van der Waals surface area (Å²) in [6, 6.07) is 7.70. The molecule has 1 aromatic carbocycles. The molecule has 0 spiro atoms.